The van der Waals surface area contributed by atoms with Crippen molar-refractivity contribution in [2.24, 2.45) is 11.8 Å². The zero-order chi connectivity index (χ0) is 15.2. The van der Waals surface area contributed by atoms with Crippen molar-refractivity contribution in [3.8, 4) is 0 Å². The molecular weight excluding hydrogens is 304 g/mol. The normalized spacial score (nSPS) is 38.0. The van der Waals surface area contributed by atoms with Crippen molar-refractivity contribution in [3.05, 3.63) is 0 Å². The Balaban J connectivity index is 1.31. The molecule has 1 unspecified atom stereocenters. The van der Waals surface area contributed by atoms with E-state index in [4.69, 9.17) is 0 Å². The van der Waals surface area contributed by atoms with Crippen LogP contribution in [0.1, 0.15) is 90.4 Å². The first-order valence-corrected chi connectivity index (χ1v) is 12.1. The predicted molar refractivity (Wildman–Crippen MR) is 104 cm³/mol. The third-order valence-corrected chi connectivity index (χ3v) is 9.67. The second kappa shape index (κ2) is 9.25. The molecule has 0 bridgehead atoms. The van der Waals surface area contributed by atoms with Gasteiger partial charge in [-0.2, -0.15) is 23.5 Å². The van der Waals surface area contributed by atoms with Crippen LogP contribution in [0.25, 0.3) is 0 Å². The Kier molecular flexibility index (Phi) is 7.37. The highest BCUT2D eigenvalue weighted by Gasteiger charge is 2.27. The fraction of sp³-hybridized carbons (Fsp3) is 1.00. The molecule has 0 aliphatic heterocycles. The van der Waals surface area contributed by atoms with E-state index in [9.17, 15) is 0 Å². The SMILES string of the molecule is CC1CCCC[C@H]1CSC1CCC(SC2CCCCC2)CC1. The Bertz CT molecular complexity index is 303. The molecule has 3 aliphatic carbocycles. The van der Waals surface area contributed by atoms with Gasteiger partial charge >= 0.3 is 0 Å². The van der Waals surface area contributed by atoms with E-state index in [2.05, 4.69) is 30.4 Å². The number of hydrogen-bond donors (Lipinski definition) is 0. The Hall–Kier alpha value is 0.700. The molecule has 0 aromatic carbocycles. The third kappa shape index (κ3) is 5.36. The number of hydrogen-bond acceptors (Lipinski definition) is 2. The maximum atomic E-state index is 2.50. The van der Waals surface area contributed by atoms with E-state index in [0.29, 0.717) is 0 Å². The Morgan fingerprint density at radius 2 is 1.23 bits per heavy atom. The Morgan fingerprint density at radius 1 is 0.636 bits per heavy atom. The van der Waals surface area contributed by atoms with Crippen LogP contribution in [-0.4, -0.2) is 21.5 Å². The van der Waals surface area contributed by atoms with Crippen LogP contribution < -0.4 is 0 Å². The minimum atomic E-state index is 0.998. The lowest BCUT2D eigenvalue weighted by Gasteiger charge is -2.33. The van der Waals surface area contributed by atoms with Crippen LogP contribution in [-0.2, 0) is 0 Å². The van der Waals surface area contributed by atoms with Crippen molar-refractivity contribution < 1.29 is 0 Å². The summed E-state index contributed by atoms with van der Waals surface area (Å²) in [7, 11) is 0. The highest BCUT2D eigenvalue weighted by molar-refractivity contribution is 8.00. The second-order valence-corrected chi connectivity index (χ2v) is 11.1. The summed E-state index contributed by atoms with van der Waals surface area (Å²) >= 11 is 4.73. The minimum Gasteiger partial charge on any atom is -0.158 e. The predicted octanol–water partition coefficient (Wildman–Crippen LogP) is 6.92. The van der Waals surface area contributed by atoms with Gasteiger partial charge in [0.1, 0.15) is 0 Å². The Labute approximate surface area is 147 Å². The average molecular weight is 341 g/mol. The molecule has 0 N–H and O–H groups in total. The smallest absolute Gasteiger partial charge is 0.00506 e. The maximum absolute atomic E-state index is 2.50. The first kappa shape index (κ1) is 17.5. The maximum Gasteiger partial charge on any atom is 0.00506 e. The van der Waals surface area contributed by atoms with Crippen LogP contribution in [0.5, 0.6) is 0 Å². The van der Waals surface area contributed by atoms with Gasteiger partial charge < -0.3 is 0 Å². The first-order valence-electron chi connectivity index (χ1n) is 10.1. The molecular formula is C20H36S2. The van der Waals surface area contributed by atoms with E-state index < -0.39 is 0 Å². The fourth-order valence-corrected chi connectivity index (χ4v) is 8.02. The van der Waals surface area contributed by atoms with Crippen molar-refractivity contribution in [1.82, 2.24) is 0 Å². The molecule has 0 spiro atoms. The molecule has 0 radical (unpaired) electrons. The third-order valence-electron chi connectivity index (χ3n) is 6.39. The summed E-state index contributed by atoms with van der Waals surface area (Å²) in [5.41, 5.74) is 0. The lowest BCUT2D eigenvalue weighted by molar-refractivity contribution is 0.282. The molecule has 0 aromatic heterocycles. The first-order chi connectivity index (χ1) is 10.8. The van der Waals surface area contributed by atoms with Crippen molar-refractivity contribution in [2.45, 2.75) is 106 Å². The molecule has 3 fully saturated rings. The van der Waals surface area contributed by atoms with Gasteiger partial charge in [-0.3, -0.25) is 0 Å². The highest BCUT2D eigenvalue weighted by atomic mass is 32.2. The van der Waals surface area contributed by atoms with Crippen molar-refractivity contribution in [1.29, 1.82) is 0 Å². The summed E-state index contributed by atoms with van der Waals surface area (Å²) in [5.74, 6) is 3.50. The highest BCUT2D eigenvalue weighted by Crippen LogP contribution is 2.41. The molecule has 2 atom stereocenters. The van der Waals surface area contributed by atoms with Gasteiger partial charge in [0.15, 0.2) is 0 Å². The van der Waals surface area contributed by atoms with Gasteiger partial charge in [0, 0.05) is 15.7 Å². The van der Waals surface area contributed by atoms with Gasteiger partial charge in [0.25, 0.3) is 0 Å². The van der Waals surface area contributed by atoms with Crippen molar-refractivity contribution in [2.75, 3.05) is 5.75 Å². The minimum absolute atomic E-state index is 0.998. The Morgan fingerprint density at radius 3 is 1.95 bits per heavy atom. The van der Waals surface area contributed by atoms with Crippen LogP contribution in [0.2, 0.25) is 0 Å². The van der Waals surface area contributed by atoms with E-state index in [0.717, 1.165) is 27.6 Å². The van der Waals surface area contributed by atoms with Crippen molar-refractivity contribution in [3.63, 3.8) is 0 Å². The average Bonchev–Trinajstić information content (AvgIpc) is 2.56. The van der Waals surface area contributed by atoms with Crippen LogP contribution in [0.15, 0.2) is 0 Å². The summed E-state index contributed by atoms with van der Waals surface area (Å²) in [6.45, 7) is 2.50. The van der Waals surface area contributed by atoms with Gasteiger partial charge in [0.05, 0.1) is 0 Å². The molecule has 0 aromatic rings. The summed E-state index contributed by atoms with van der Waals surface area (Å²) in [5, 5.41) is 3.02. The molecule has 22 heavy (non-hydrogen) atoms. The van der Waals surface area contributed by atoms with Crippen LogP contribution >= 0.6 is 23.5 Å². The van der Waals surface area contributed by atoms with Crippen LogP contribution in [0, 0.1) is 11.8 Å². The molecule has 3 aliphatic rings. The number of rotatable bonds is 5. The lowest BCUT2D eigenvalue weighted by atomic mass is 9.82. The molecule has 0 nitrogen and oxygen atoms in total. The molecule has 3 saturated carbocycles. The van der Waals surface area contributed by atoms with Gasteiger partial charge in [0.2, 0.25) is 0 Å². The second-order valence-electron chi connectivity index (χ2n) is 8.15. The van der Waals surface area contributed by atoms with Gasteiger partial charge in [-0.15, -0.1) is 0 Å². The van der Waals surface area contributed by atoms with E-state index in [-0.39, 0.29) is 0 Å². The molecule has 0 saturated heterocycles. The zero-order valence-corrected chi connectivity index (χ0v) is 16.2. The fourth-order valence-electron chi connectivity index (χ4n) is 4.71. The standard InChI is InChI=1S/C20H36S2/c1-16-7-5-6-8-17(16)15-21-18-11-13-20(14-12-18)22-19-9-3-2-4-10-19/h16-20H,2-15H2,1H3/t16?,17-,18?,20?/m0/s1. The van der Waals surface area contributed by atoms with Gasteiger partial charge in [-0.1, -0.05) is 45.4 Å². The molecule has 128 valence electrons. The topological polar surface area (TPSA) is 0 Å². The molecule has 0 amide bonds. The zero-order valence-electron chi connectivity index (χ0n) is 14.6. The summed E-state index contributed by atoms with van der Waals surface area (Å²) in [4.78, 5) is 0. The summed E-state index contributed by atoms with van der Waals surface area (Å²) in [6, 6.07) is 0. The quantitative estimate of drug-likeness (QED) is 0.532. The molecule has 2 heteroatoms. The number of thioether (sulfide) groups is 2. The lowest BCUT2D eigenvalue weighted by Crippen LogP contribution is -2.24. The van der Waals surface area contributed by atoms with E-state index >= 15 is 0 Å². The van der Waals surface area contributed by atoms with Crippen molar-refractivity contribution >= 4 is 23.5 Å². The monoisotopic (exact) mass is 340 g/mol. The van der Waals surface area contributed by atoms with E-state index in [1.807, 2.05) is 0 Å². The van der Waals surface area contributed by atoms with Gasteiger partial charge in [-0.05, 0) is 62.5 Å². The molecule has 0 heterocycles. The van der Waals surface area contributed by atoms with E-state index in [1.165, 1.54) is 89.2 Å². The van der Waals surface area contributed by atoms with Crippen LogP contribution in [0.3, 0.4) is 0 Å². The van der Waals surface area contributed by atoms with E-state index in [1.54, 1.807) is 0 Å². The summed E-state index contributed by atoms with van der Waals surface area (Å²) in [6.07, 6.45) is 19.6. The van der Waals surface area contributed by atoms with Gasteiger partial charge in [-0.25, -0.2) is 0 Å². The largest absolute Gasteiger partial charge is 0.158 e. The van der Waals surface area contributed by atoms with Crippen LogP contribution in [0.4, 0.5) is 0 Å². The summed E-state index contributed by atoms with van der Waals surface area (Å²) < 4.78 is 0. The molecule has 3 rings (SSSR count).